The summed E-state index contributed by atoms with van der Waals surface area (Å²) in [6.07, 6.45) is -3.60. The van der Waals surface area contributed by atoms with Crippen LogP contribution in [0.2, 0.25) is 19.6 Å². The highest BCUT2D eigenvalue weighted by atomic mass is 28.4. The maximum atomic E-state index is 12.3. The lowest BCUT2D eigenvalue weighted by atomic mass is 10.2. The van der Waals surface area contributed by atoms with Crippen LogP contribution in [0.3, 0.4) is 0 Å². The zero-order valence-electron chi connectivity index (χ0n) is 7.97. The Kier molecular flexibility index (Phi) is 4.29. The number of alkyl halides is 2. The van der Waals surface area contributed by atoms with Gasteiger partial charge in [0.25, 0.3) is 6.43 Å². The number of rotatable bonds is 4. The van der Waals surface area contributed by atoms with Crippen molar-refractivity contribution in [1.82, 2.24) is 0 Å². The molecule has 0 aromatic rings. The van der Waals surface area contributed by atoms with E-state index in [0.717, 1.165) is 0 Å². The molecule has 5 heteroatoms. The van der Waals surface area contributed by atoms with Gasteiger partial charge in [-0.2, -0.15) is 0 Å². The number of hydrogen-bond acceptors (Lipinski definition) is 2. The maximum absolute atomic E-state index is 12.3. The lowest BCUT2D eigenvalue weighted by molar-refractivity contribution is -0.00396. The first-order chi connectivity index (χ1) is 5.24. The van der Waals surface area contributed by atoms with Gasteiger partial charge in [0.2, 0.25) is 0 Å². The SMILES string of the molecule is CC(N)C(O[Si](C)(C)C)C(F)F. The van der Waals surface area contributed by atoms with Crippen molar-refractivity contribution in [2.75, 3.05) is 0 Å². The summed E-state index contributed by atoms with van der Waals surface area (Å²) in [6.45, 7) is 7.14. The van der Waals surface area contributed by atoms with Crippen molar-refractivity contribution < 1.29 is 13.2 Å². The fraction of sp³-hybridized carbons (Fsp3) is 1.00. The predicted octanol–water partition coefficient (Wildman–Crippen LogP) is 1.82. The molecule has 0 radical (unpaired) electrons. The second kappa shape index (κ2) is 4.29. The summed E-state index contributed by atoms with van der Waals surface area (Å²) in [4.78, 5) is 0. The van der Waals surface area contributed by atoms with E-state index < -0.39 is 26.9 Å². The first-order valence-corrected chi connectivity index (χ1v) is 7.36. The molecule has 0 saturated carbocycles. The number of nitrogens with two attached hydrogens (primary N) is 1. The van der Waals surface area contributed by atoms with Gasteiger partial charge < -0.3 is 10.2 Å². The smallest absolute Gasteiger partial charge is 0.264 e. The lowest BCUT2D eigenvalue weighted by Gasteiger charge is -2.28. The minimum atomic E-state index is -2.49. The van der Waals surface area contributed by atoms with Crippen LogP contribution in [0, 0.1) is 0 Å². The van der Waals surface area contributed by atoms with Crippen molar-refractivity contribution >= 4 is 8.32 Å². The van der Waals surface area contributed by atoms with Crippen molar-refractivity contribution in [2.24, 2.45) is 5.73 Å². The van der Waals surface area contributed by atoms with E-state index in [0.29, 0.717) is 0 Å². The van der Waals surface area contributed by atoms with Gasteiger partial charge >= 0.3 is 0 Å². The summed E-state index contributed by atoms with van der Waals surface area (Å²) in [6, 6.07) is -0.614. The molecule has 12 heavy (non-hydrogen) atoms. The van der Waals surface area contributed by atoms with E-state index in [4.69, 9.17) is 10.2 Å². The Morgan fingerprint density at radius 1 is 1.25 bits per heavy atom. The van der Waals surface area contributed by atoms with Gasteiger partial charge in [0.1, 0.15) is 6.10 Å². The molecule has 0 rings (SSSR count). The Morgan fingerprint density at radius 2 is 1.67 bits per heavy atom. The summed E-state index contributed by atoms with van der Waals surface area (Å²) >= 11 is 0. The van der Waals surface area contributed by atoms with E-state index in [1.54, 1.807) is 0 Å². The molecule has 0 aromatic heterocycles. The van der Waals surface area contributed by atoms with E-state index >= 15 is 0 Å². The molecule has 2 nitrogen and oxygen atoms in total. The van der Waals surface area contributed by atoms with Crippen molar-refractivity contribution in [1.29, 1.82) is 0 Å². The molecule has 0 bridgehead atoms. The topological polar surface area (TPSA) is 35.2 Å². The third-order valence-corrected chi connectivity index (χ3v) is 2.24. The Hall–Kier alpha value is -0.00312. The summed E-state index contributed by atoms with van der Waals surface area (Å²) in [5, 5.41) is 0. The molecule has 0 spiro atoms. The largest absolute Gasteiger partial charge is 0.407 e. The van der Waals surface area contributed by atoms with Crippen LogP contribution in [0.25, 0.3) is 0 Å². The number of hydrogen-bond donors (Lipinski definition) is 1. The molecular weight excluding hydrogens is 180 g/mol. The molecule has 0 saturated heterocycles. The zero-order chi connectivity index (χ0) is 9.94. The molecule has 0 aliphatic carbocycles. The van der Waals surface area contributed by atoms with E-state index in [1.807, 2.05) is 19.6 Å². The van der Waals surface area contributed by atoms with Gasteiger partial charge in [-0.3, -0.25) is 0 Å². The Balaban J connectivity index is 4.15. The van der Waals surface area contributed by atoms with Crippen LogP contribution < -0.4 is 5.73 Å². The van der Waals surface area contributed by atoms with Gasteiger partial charge in [-0.1, -0.05) is 0 Å². The van der Waals surface area contributed by atoms with Gasteiger partial charge in [-0.05, 0) is 26.6 Å². The van der Waals surface area contributed by atoms with Crippen LogP contribution in [0.15, 0.2) is 0 Å². The fourth-order valence-corrected chi connectivity index (χ4v) is 1.93. The lowest BCUT2D eigenvalue weighted by Crippen LogP contribution is -2.45. The van der Waals surface area contributed by atoms with Crippen LogP contribution in [0.4, 0.5) is 8.78 Å². The monoisotopic (exact) mass is 197 g/mol. The highest BCUT2D eigenvalue weighted by Gasteiger charge is 2.30. The van der Waals surface area contributed by atoms with Crippen molar-refractivity contribution in [3.05, 3.63) is 0 Å². The number of halogens is 2. The molecule has 2 atom stereocenters. The van der Waals surface area contributed by atoms with Crippen molar-refractivity contribution in [3.8, 4) is 0 Å². The third kappa shape index (κ3) is 4.79. The average molecular weight is 197 g/mol. The molecule has 0 aromatic carbocycles. The zero-order valence-corrected chi connectivity index (χ0v) is 8.97. The predicted molar refractivity (Wildman–Crippen MR) is 47.9 cm³/mol. The Bertz CT molecular complexity index is 128. The minimum absolute atomic E-state index is 0.614. The molecule has 0 fully saturated rings. The van der Waals surface area contributed by atoms with Gasteiger partial charge in [0, 0.05) is 6.04 Å². The highest BCUT2D eigenvalue weighted by Crippen LogP contribution is 2.15. The summed E-state index contributed by atoms with van der Waals surface area (Å²) in [7, 11) is -1.91. The van der Waals surface area contributed by atoms with Crippen LogP contribution in [0.1, 0.15) is 6.92 Å². The molecule has 2 N–H and O–H groups in total. The summed E-state index contributed by atoms with van der Waals surface area (Å²) < 4.78 is 29.8. The molecular formula is C7H17F2NOSi. The highest BCUT2D eigenvalue weighted by molar-refractivity contribution is 6.69. The van der Waals surface area contributed by atoms with E-state index in [9.17, 15) is 8.78 Å². The standard InChI is InChI=1S/C7H17F2NOSi/c1-5(10)6(7(8)9)11-12(2,3)4/h5-7H,10H2,1-4H3. The quantitative estimate of drug-likeness (QED) is 0.698. The normalized spacial score (nSPS) is 18.0. The molecule has 74 valence electrons. The second-order valence-corrected chi connectivity index (χ2v) is 8.35. The van der Waals surface area contributed by atoms with E-state index in [2.05, 4.69) is 0 Å². The van der Waals surface area contributed by atoms with Crippen LogP contribution in [-0.4, -0.2) is 26.9 Å². The molecule has 0 aliphatic rings. The van der Waals surface area contributed by atoms with E-state index in [1.165, 1.54) is 6.92 Å². The Labute approximate surface area is 73.2 Å². The first-order valence-electron chi connectivity index (χ1n) is 3.95. The summed E-state index contributed by atoms with van der Waals surface area (Å²) in [5.41, 5.74) is 5.36. The molecule has 0 aliphatic heterocycles. The molecule has 2 unspecified atom stereocenters. The van der Waals surface area contributed by atoms with E-state index in [-0.39, 0.29) is 0 Å². The van der Waals surface area contributed by atoms with Gasteiger partial charge in [0.05, 0.1) is 0 Å². The minimum Gasteiger partial charge on any atom is -0.407 e. The molecule has 0 heterocycles. The summed E-state index contributed by atoms with van der Waals surface area (Å²) in [5.74, 6) is 0. The average Bonchev–Trinajstić information content (AvgIpc) is 1.79. The fourth-order valence-electron chi connectivity index (χ4n) is 0.796. The van der Waals surface area contributed by atoms with Gasteiger partial charge in [-0.25, -0.2) is 8.78 Å². The van der Waals surface area contributed by atoms with Gasteiger partial charge in [0.15, 0.2) is 8.32 Å². The van der Waals surface area contributed by atoms with Gasteiger partial charge in [-0.15, -0.1) is 0 Å². The van der Waals surface area contributed by atoms with Crippen molar-refractivity contribution in [3.63, 3.8) is 0 Å². The first kappa shape index (κ1) is 12.0. The maximum Gasteiger partial charge on any atom is 0.264 e. The van der Waals surface area contributed by atoms with Crippen LogP contribution in [0.5, 0.6) is 0 Å². The Morgan fingerprint density at radius 3 is 1.75 bits per heavy atom. The molecule has 0 amide bonds. The van der Waals surface area contributed by atoms with Crippen LogP contribution >= 0.6 is 0 Å². The second-order valence-electron chi connectivity index (χ2n) is 3.89. The van der Waals surface area contributed by atoms with Crippen LogP contribution in [-0.2, 0) is 4.43 Å². The third-order valence-electron chi connectivity index (χ3n) is 1.26. The van der Waals surface area contributed by atoms with Crippen molar-refractivity contribution in [2.45, 2.75) is 45.1 Å².